The number of anilines is 1. The van der Waals surface area contributed by atoms with E-state index < -0.39 is 10.0 Å². The third-order valence-electron chi connectivity index (χ3n) is 6.48. The minimum Gasteiger partial charge on any atom is -0.325 e. The highest BCUT2D eigenvalue weighted by Gasteiger charge is 2.28. The predicted octanol–water partition coefficient (Wildman–Crippen LogP) is 2.86. The predicted molar refractivity (Wildman–Crippen MR) is 130 cm³/mol. The lowest BCUT2D eigenvalue weighted by molar-refractivity contribution is -0.117. The van der Waals surface area contributed by atoms with E-state index in [4.69, 9.17) is 0 Å². The standard InChI is InChI=1S/C25H34N4O3S/c1-21-6-5-13-29(18-21)33(31,32)24-11-9-23(10-12-24)26-25(30)20-28-16-14-27(15-17-28)19-22-7-3-2-4-8-22/h2-4,7-12,21H,5-6,13-20H2,1H3,(H,26,30)/t21-/m1/s1. The molecule has 4 rings (SSSR count). The topological polar surface area (TPSA) is 73.0 Å². The van der Waals surface area contributed by atoms with Gasteiger partial charge in [0, 0.05) is 51.5 Å². The highest BCUT2D eigenvalue weighted by molar-refractivity contribution is 7.89. The average Bonchev–Trinajstić information content (AvgIpc) is 2.81. The van der Waals surface area contributed by atoms with E-state index in [9.17, 15) is 13.2 Å². The Morgan fingerprint density at radius 2 is 1.61 bits per heavy atom. The van der Waals surface area contributed by atoms with Crippen LogP contribution in [0.5, 0.6) is 0 Å². The molecule has 0 aliphatic carbocycles. The van der Waals surface area contributed by atoms with E-state index in [1.54, 1.807) is 28.6 Å². The van der Waals surface area contributed by atoms with Crippen molar-refractivity contribution >= 4 is 21.6 Å². The number of sulfonamides is 1. The van der Waals surface area contributed by atoms with Crippen LogP contribution >= 0.6 is 0 Å². The number of benzene rings is 2. The molecule has 2 aliphatic heterocycles. The quantitative estimate of drug-likeness (QED) is 0.674. The van der Waals surface area contributed by atoms with Crippen LogP contribution in [0.2, 0.25) is 0 Å². The van der Waals surface area contributed by atoms with Crippen molar-refractivity contribution in [3.8, 4) is 0 Å². The van der Waals surface area contributed by atoms with Crippen molar-refractivity contribution in [2.24, 2.45) is 5.92 Å². The van der Waals surface area contributed by atoms with Crippen LogP contribution in [0.25, 0.3) is 0 Å². The van der Waals surface area contributed by atoms with Crippen LogP contribution in [-0.2, 0) is 21.4 Å². The fourth-order valence-corrected chi connectivity index (χ4v) is 6.17. The molecule has 2 saturated heterocycles. The molecule has 2 heterocycles. The maximum Gasteiger partial charge on any atom is 0.243 e. The van der Waals surface area contributed by atoms with Crippen molar-refractivity contribution in [1.29, 1.82) is 0 Å². The second-order valence-corrected chi connectivity index (χ2v) is 11.2. The minimum atomic E-state index is -3.48. The van der Waals surface area contributed by atoms with Crippen LogP contribution in [0, 0.1) is 5.92 Å². The molecule has 2 fully saturated rings. The van der Waals surface area contributed by atoms with Crippen LogP contribution in [0.3, 0.4) is 0 Å². The molecule has 0 bridgehead atoms. The van der Waals surface area contributed by atoms with E-state index in [1.807, 2.05) is 6.07 Å². The first kappa shape index (κ1) is 23.9. The van der Waals surface area contributed by atoms with Crippen LogP contribution in [0.15, 0.2) is 59.5 Å². The van der Waals surface area contributed by atoms with Gasteiger partial charge in [0.15, 0.2) is 0 Å². The lowest BCUT2D eigenvalue weighted by atomic mass is 10.0. The van der Waals surface area contributed by atoms with Gasteiger partial charge in [-0.1, -0.05) is 37.3 Å². The second-order valence-electron chi connectivity index (χ2n) is 9.22. The second kappa shape index (κ2) is 10.8. The van der Waals surface area contributed by atoms with Crippen molar-refractivity contribution in [2.75, 3.05) is 51.1 Å². The largest absolute Gasteiger partial charge is 0.325 e. The Bertz CT molecular complexity index is 1020. The van der Waals surface area contributed by atoms with Crippen LogP contribution in [-0.4, -0.2) is 74.2 Å². The van der Waals surface area contributed by atoms with Gasteiger partial charge in [-0.25, -0.2) is 8.42 Å². The smallest absolute Gasteiger partial charge is 0.243 e. The fourth-order valence-electron chi connectivity index (χ4n) is 4.57. The maximum atomic E-state index is 12.9. The van der Waals surface area contributed by atoms with Gasteiger partial charge in [0.1, 0.15) is 0 Å². The van der Waals surface area contributed by atoms with Crippen molar-refractivity contribution in [2.45, 2.75) is 31.2 Å². The molecule has 0 aromatic heterocycles. The summed E-state index contributed by atoms with van der Waals surface area (Å²) in [5.74, 6) is 0.305. The van der Waals surface area contributed by atoms with Crippen molar-refractivity contribution in [3.63, 3.8) is 0 Å². The van der Waals surface area contributed by atoms with E-state index in [1.165, 1.54) is 5.56 Å². The summed E-state index contributed by atoms with van der Waals surface area (Å²) >= 11 is 0. The van der Waals surface area contributed by atoms with E-state index in [-0.39, 0.29) is 10.8 Å². The molecular formula is C25H34N4O3S. The van der Waals surface area contributed by atoms with Crippen molar-refractivity contribution < 1.29 is 13.2 Å². The Kier molecular flexibility index (Phi) is 7.80. The summed E-state index contributed by atoms with van der Waals surface area (Å²) in [6, 6.07) is 17.0. The summed E-state index contributed by atoms with van der Waals surface area (Å²) in [6.45, 7) is 8.08. The van der Waals surface area contributed by atoms with Gasteiger partial charge < -0.3 is 5.32 Å². The summed E-state index contributed by atoms with van der Waals surface area (Å²) in [5, 5.41) is 2.90. The summed E-state index contributed by atoms with van der Waals surface area (Å²) in [7, 11) is -3.48. The molecule has 1 atom stereocenters. The van der Waals surface area contributed by atoms with Crippen molar-refractivity contribution in [1.82, 2.24) is 14.1 Å². The molecule has 2 aromatic rings. The van der Waals surface area contributed by atoms with Gasteiger partial charge in [-0.05, 0) is 48.6 Å². The van der Waals surface area contributed by atoms with E-state index >= 15 is 0 Å². The molecule has 33 heavy (non-hydrogen) atoms. The first-order valence-electron chi connectivity index (χ1n) is 11.8. The molecule has 2 aromatic carbocycles. The van der Waals surface area contributed by atoms with Crippen molar-refractivity contribution in [3.05, 3.63) is 60.2 Å². The van der Waals surface area contributed by atoms with Gasteiger partial charge in [0.05, 0.1) is 11.4 Å². The van der Waals surface area contributed by atoms with Gasteiger partial charge in [-0.15, -0.1) is 0 Å². The monoisotopic (exact) mass is 470 g/mol. The maximum absolute atomic E-state index is 12.9. The van der Waals surface area contributed by atoms with Gasteiger partial charge in [0.2, 0.25) is 15.9 Å². The number of carbonyl (C=O) groups excluding carboxylic acids is 1. The van der Waals surface area contributed by atoms with Gasteiger partial charge in [0.25, 0.3) is 0 Å². The first-order chi connectivity index (χ1) is 15.9. The molecule has 7 nitrogen and oxygen atoms in total. The molecule has 1 amide bonds. The first-order valence-corrected chi connectivity index (χ1v) is 13.2. The Morgan fingerprint density at radius 3 is 2.27 bits per heavy atom. The van der Waals surface area contributed by atoms with Crippen LogP contribution < -0.4 is 5.32 Å². The highest BCUT2D eigenvalue weighted by Crippen LogP contribution is 2.24. The third kappa shape index (κ3) is 6.41. The number of amides is 1. The zero-order valence-corrected chi connectivity index (χ0v) is 20.1. The molecule has 8 heteroatoms. The summed E-state index contributed by atoms with van der Waals surface area (Å²) in [4.78, 5) is 17.4. The number of piperidine rings is 1. The Morgan fingerprint density at radius 1 is 0.939 bits per heavy atom. The Hall–Kier alpha value is -2.26. The number of piperazine rings is 1. The Labute approximate surface area is 197 Å². The zero-order chi connectivity index (χ0) is 23.3. The van der Waals surface area contributed by atoms with Crippen LogP contribution in [0.4, 0.5) is 5.69 Å². The van der Waals surface area contributed by atoms with Gasteiger partial charge in [-0.3, -0.25) is 14.6 Å². The van der Waals surface area contributed by atoms with Gasteiger partial charge in [-0.2, -0.15) is 4.31 Å². The number of rotatable bonds is 7. The number of hydrogen-bond acceptors (Lipinski definition) is 5. The summed E-state index contributed by atoms with van der Waals surface area (Å²) in [6.07, 6.45) is 1.97. The zero-order valence-electron chi connectivity index (χ0n) is 19.3. The highest BCUT2D eigenvalue weighted by atomic mass is 32.2. The molecule has 0 saturated carbocycles. The lowest BCUT2D eigenvalue weighted by Crippen LogP contribution is -2.48. The average molecular weight is 471 g/mol. The molecule has 1 N–H and O–H groups in total. The van der Waals surface area contributed by atoms with Crippen LogP contribution in [0.1, 0.15) is 25.3 Å². The number of hydrogen-bond donors (Lipinski definition) is 1. The molecule has 0 spiro atoms. The molecular weight excluding hydrogens is 436 g/mol. The summed E-state index contributed by atoms with van der Waals surface area (Å²) < 4.78 is 27.4. The van der Waals surface area contributed by atoms with E-state index in [2.05, 4.69) is 46.3 Å². The normalized spacial score (nSPS) is 21.1. The minimum absolute atomic E-state index is 0.0769. The SMILES string of the molecule is C[C@@H]1CCCN(S(=O)(=O)c2ccc(NC(=O)CN3CCN(Cc4ccccc4)CC3)cc2)C1. The lowest BCUT2D eigenvalue weighted by Gasteiger charge is -2.34. The number of nitrogens with one attached hydrogen (secondary N) is 1. The third-order valence-corrected chi connectivity index (χ3v) is 8.36. The number of carbonyl (C=O) groups is 1. The molecule has 0 radical (unpaired) electrons. The Balaban J connectivity index is 1.24. The molecule has 178 valence electrons. The fraction of sp³-hybridized carbons (Fsp3) is 0.480. The van der Waals surface area contributed by atoms with E-state index in [0.717, 1.165) is 45.6 Å². The number of nitrogens with zero attached hydrogens (tertiary/aromatic N) is 3. The summed E-state index contributed by atoms with van der Waals surface area (Å²) in [5.41, 5.74) is 1.93. The molecule has 2 aliphatic rings. The van der Waals surface area contributed by atoms with Gasteiger partial charge >= 0.3 is 0 Å². The molecule has 0 unspecified atom stereocenters. The van der Waals surface area contributed by atoms with E-state index in [0.29, 0.717) is 31.2 Å².